The number of hydrogen-bond acceptors (Lipinski definition) is 4. The molecule has 9 heteroatoms. The van der Waals surface area contributed by atoms with Gasteiger partial charge in [0.25, 0.3) is 0 Å². The van der Waals surface area contributed by atoms with E-state index in [9.17, 15) is 8.78 Å². The van der Waals surface area contributed by atoms with Crippen LogP contribution >= 0.6 is 0 Å². The molecule has 0 amide bonds. The average Bonchev–Trinajstić information content (AvgIpc) is 3.06. The van der Waals surface area contributed by atoms with Crippen LogP contribution in [0.3, 0.4) is 0 Å². The van der Waals surface area contributed by atoms with Crippen molar-refractivity contribution >= 4 is 5.96 Å². The molecule has 0 fully saturated rings. The molecule has 154 valence electrons. The van der Waals surface area contributed by atoms with E-state index in [-0.39, 0.29) is 18.0 Å². The van der Waals surface area contributed by atoms with Crippen LogP contribution in [0.5, 0.6) is 11.5 Å². The Morgan fingerprint density at radius 1 is 1.29 bits per heavy atom. The average molecular weight is 395 g/mol. The Labute approximate surface area is 163 Å². The van der Waals surface area contributed by atoms with Gasteiger partial charge in [0.1, 0.15) is 0 Å². The molecule has 7 nitrogen and oxygen atoms in total. The van der Waals surface area contributed by atoms with Crippen molar-refractivity contribution in [3.8, 4) is 11.5 Å². The summed E-state index contributed by atoms with van der Waals surface area (Å²) in [5.41, 5.74) is 1.64. The van der Waals surface area contributed by atoms with Gasteiger partial charge in [0, 0.05) is 31.9 Å². The predicted octanol–water partition coefficient (Wildman–Crippen LogP) is 2.72. The quantitative estimate of drug-likeness (QED) is 0.478. The van der Waals surface area contributed by atoms with Gasteiger partial charge in [0.05, 0.1) is 19.3 Å². The van der Waals surface area contributed by atoms with Gasteiger partial charge in [-0.25, -0.2) is 4.99 Å². The number of ether oxygens (including phenoxy) is 2. The molecular weight excluding hydrogens is 368 g/mol. The zero-order valence-corrected chi connectivity index (χ0v) is 16.4. The van der Waals surface area contributed by atoms with E-state index < -0.39 is 6.61 Å². The molecule has 0 aliphatic carbocycles. The number of halogens is 2. The van der Waals surface area contributed by atoms with Crippen LogP contribution in [0.1, 0.15) is 25.0 Å². The number of guanidine groups is 1. The number of para-hydroxylation sites is 1. The molecule has 0 unspecified atom stereocenters. The van der Waals surface area contributed by atoms with Crippen molar-refractivity contribution in [2.45, 2.75) is 33.4 Å². The van der Waals surface area contributed by atoms with Crippen LogP contribution in [0.2, 0.25) is 0 Å². The molecular formula is C19H27F2N5O2. The highest BCUT2D eigenvalue weighted by Gasteiger charge is 2.15. The molecule has 1 heterocycles. The number of rotatable bonds is 10. The summed E-state index contributed by atoms with van der Waals surface area (Å²) < 4.78 is 37.5. The summed E-state index contributed by atoms with van der Waals surface area (Å²) in [6.45, 7) is 2.67. The van der Waals surface area contributed by atoms with Gasteiger partial charge in [0.2, 0.25) is 0 Å². The van der Waals surface area contributed by atoms with Gasteiger partial charge >= 0.3 is 6.61 Å². The Hall–Kier alpha value is -2.84. The minimum absolute atomic E-state index is 0.0225. The molecule has 2 aromatic rings. The third-order valence-corrected chi connectivity index (χ3v) is 3.78. The highest BCUT2D eigenvalue weighted by molar-refractivity contribution is 5.79. The van der Waals surface area contributed by atoms with E-state index in [0.717, 1.165) is 12.0 Å². The molecule has 0 aliphatic rings. The molecule has 1 aromatic carbocycles. The van der Waals surface area contributed by atoms with E-state index in [1.165, 1.54) is 0 Å². The van der Waals surface area contributed by atoms with E-state index in [0.29, 0.717) is 31.2 Å². The molecule has 0 aliphatic heterocycles. The number of hydrogen-bond donors (Lipinski definition) is 2. The lowest BCUT2D eigenvalue weighted by atomic mass is 10.2. The molecule has 2 rings (SSSR count). The Balaban J connectivity index is 2.07. The number of aliphatic imine (C=N–C) groups is 1. The molecule has 28 heavy (non-hydrogen) atoms. The second-order valence-electron chi connectivity index (χ2n) is 5.95. The number of nitrogens with one attached hydrogen (secondary N) is 2. The maximum Gasteiger partial charge on any atom is 0.387 e. The molecule has 1 aromatic heterocycles. The van der Waals surface area contributed by atoms with E-state index >= 15 is 0 Å². The Kier molecular flexibility index (Phi) is 8.51. The minimum Gasteiger partial charge on any atom is -0.490 e. The topological polar surface area (TPSA) is 72.7 Å². The van der Waals surface area contributed by atoms with Crippen molar-refractivity contribution in [1.82, 2.24) is 20.4 Å². The van der Waals surface area contributed by atoms with Crippen LogP contribution in [0, 0.1) is 0 Å². The Morgan fingerprint density at radius 3 is 2.75 bits per heavy atom. The lowest BCUT2D eigenvalue weighted by Gasteiger charge is -2.15. The van der Waals surface area contributed by atoms with E-state index in [2.05, 4.69) is 25.5 Å². The molecule has 0 atom stereocenters. The van der Waals surface area contributed by atoms with E-state index in [4.69, 9.17) is 4.74 Å². The minimum atomic E-state index is -2.94. The van der Waals surface area contributed by atoms with Gasteiger partial charge in [-0.1, -0.05) is 12.1 Å². The third kappa shape index (κ3) is 6.71. The summed E-state index contributed by atoms with van der Waals surface area (Å²) in [5.74, 6) is 0.899. The van der Waals surface area contributed by atoms with Gasteiger partial charge in [-0.2, -0.15) is 13.9 Å². The summed E-state index contributed by atoms with van der Waals surface area (Å²) in [6.07, 6.45) is 4.57. The summed E-state index contributed by atoms with van der Waals surface area (Å²) in [7, 11) is 1.87. The fraction of sp³-hybridized carbons (Fsp3) is 0.474. The van der Waals surface area contributed by atoms with Crippen molar-refractivity contribution in [1.29, 1.82) is 0 Å². The molecule has 2 N–H and O–H groups in total. The van der Waals surface area contributed by atoms with Gasteiger partial charge in [-0.15, -0.1) is 0 Å². The summed E-state index contributed by atoms with van der Waals surface area (Å²) in [6, 6.07) is 5.03. The van der Waals surface area contributed by atoms with Gasteiger partial charge in [-0.05, 0) is 31.9 Å². The largest absolute Gasteiger partial charge is 0.490 e. The zero-order valence-electron chi connectivity index (χ0n) is 16.4. The van der Waals surface area contributed by atoms with Crippen LogP contribution in [0.4, 0.5) is 8.78 Å². The van der Waals surface area contributed by atoms with E-state index in [1.807, 2.05) is 26.4 Å². The number of benzene rings is 1. The second kappa shape index (κ2) is 11.1. The van der Waals surface area contributed by atoms with Crippen LogP contribution in [-0.2, 0) is 20.0 Å². The summed E-state index contributed by atoms with van der Waals surface area (Å²) >= 11 is 0. The maximum absolute atomic E-state index is 12.8. The molecule has 0 saturated heterocycles. The third-order valence-electron chi connectivity index (χ3n) is 3.78. The van der Waals surface area contributed by atoms with Crippen LogP contribution < -0.4 is 20.1 Å². The lowest BCUT2D eigenvalue weighted by molar-refractivity contribution is -0.0520. The van der Waals surface area contributed by atoms with Gasteiger partial charge in [-0.3, -0.25) is 4.68 Å². The molecule has 0 saturated carbocycles. The molecule has 0 bridgehead atoms. The molecule has 0 spiro atoms. The smallest absolute Gasteiger partial charge is 0.387 e. The SMILES string of the molecule is CCNC(=NCc1cccc(OCC)c1OC(F)F)NCCc1cnn(C)c1. The monoisotopic (exact) mass is 395 g/mol. The van der Waals surface area contributed by atoms with Crippen molar-refractivity contribution in [2.24, 2.45) is 12.0 Å². The number of aryl methyl sites for hydroxylation is 1. The van der Waals surface area contributed by atoms with E-state index in [1.54, 1.807) is 29.8 Å². The highest BCUT2D eigenvalue weighted by atomic mass is 19.3. The van der Waals surface area contributed by atoms with Crippen molar-refractivity contribution < 1.29 is 18.3 Å². The maximum atomic E-state index is 12.8. The fourth-order valence-corrected chi connectivity index (χ4v) is 2.61. The Morgan fingerprint density at radius 2 is 2.11 bits per heavy atom. The fourth-order valence-electron chi connectivity index (χ4n) is 2.61. The summed E-state index contributed by atoms with van der Waals surface area (Å²) in [5, 5.41) is 10.5. The predicted molar refractivity (Wildman–Crippen MR) is 104 cm³/mol. The normalized spacial score (nSPS) is 11.6. The number of alkyl halides is 2. The number of aromatic nitrogens is 2. The lowest BCUT2D eigenvalue weighted by Crippen LogP contribution is -2.38. The summed E-state index contributed by atoms with van der Waals surface area (Å²) in [4.78, 5) is 4.48. The first-order valence-electron chi connectivity index (χ1n) is 9.22. The van der Waals surface area contributed by atoms with Crippen molar-refractivity contribution in [3.63, 3.8) is 0 Å². The van der Waals surface area contributed by atoms with Crippen LogP contribution in [0.15, 0.2) is 35.6 Å². The van der Waals surface area contributed by atoms with Crippen LogP contribution in [0.25, 0.3) is 0 Å². The number of nitrogens with zero attached hydrogens (tertiary/aromatic N) is 3. The van der Waals surface area contributed by atoms with Crippen molar-refractivity contribution in [2.75, 3.05) is 19.7 Å². The van der Waals surface area contributed by atoms with Gasteiger partial charge in [0.15, 0.2) is 17.5 Å². The first-order valence-corrected chi connectivity index (χ1v) is 9.22. The van der Waals surface area contributed by atoms with Crippen molar-refractivity contribution in [3.05, 3.63) is 41.7 Å². The zero-order chi connectivity index (χ0) is 20.4. The first kappa shape index (κ1) is 21.5. The van der Waals surface area contributed by atoms with Crippen LogP contribution in [-0.4, -0.2) is 42.0 Å². The van der Waals surface area contributed by atoms with Gasteiger partial charge < -0.3 is 20.1 Å². The standard InChI is InChI=1S/C19H27F2N5O2/c1-4-22-19(23-10-9-14-11-25-26(3)13-14)24-12-15-7-6-8-16(27-5-2)17(15)28-18(20)21/h6-8,11,13,18H,4-5,9-10,12H2,1-3H3,(H2,22,23,24). The second-order valence-corrected chi connectivity index (χ2v) is 5.95. The first-order chi connectivity index (χ1) is 13.5. The Bertz CT molecular complexity index is 765. The molecule has 0 radical (unpaired) electrons. The highest BCUT2D eigenvalue weighted by Crippen LogP contribution is 2.33.